The first-order chi connectivity index (χ1) is 8.36. The SMILES string of the molecule is COC(=O)c1c(NC(=O)CC(C)=O)sc(C)c1C. The Morgan fingerprint density at radius 2 is 1.89 bits per heavy atom. The highest BCUT2D eigenvalue weighted by molar-refractivity contribution is 7.16. The molecule has 1 heterocycles. The van der Waals surface area contributed by atoms with Gasteiger partial charge in [0.15, 0.2) is 0 Å². The van der Waals surface area contributed by atoms with Crippen LogP contribution >= 0.6 is 11.3 Å². The summed E-state index contributed by atoms with van der Waals surface area (Å²) in [4.78, 5) is 34.9. The molecule has 1 rings (SSSR count). The summed E-state index contributed by atoms with van der Waals surface area (Å²) in [6.07, 6.45) is -0.198. The second kappa shape index (κ2) is 5.77. The maximum atomic E-state index is 11.6. The fraction of sp³-hybridized carbons (Fsp3) is 0.417. The van der Waals surface area contributed by atoms with Gasteiger partial charge in [-0.2, -0.15) is 0 Å². The normalized spacial score (nSPS) is 10.0. The second-order valence-corrected chi connectivity index (χ2v) is 5.13. The van der Waals surface area contributed by atoms with Gasteiger partial charge in [0.05, 0.1) is 19.1 Å². The lowest BCUT2D eigenvalue weighted by atomic mass is 10.1. The Kier molecular flexibility index (Phi) is 4.61. The van der Waals surface area contributed by atoms with E-state index in [1.165, 1.54) is 25.4 Å². The third-order valence-corrected chi connectivity index (χ3v) is 3.56. The molecule has 0 bridgehead atoms. The molecular formula is C12H15NO4S. The van der Waals surface area contributed by atoms with Crippen LogP contribution < -0.4 is 5.32 Å². The molecule has 0 aromatic carbocycles. The molecule has 6 heteroatoms. The van der Waals surface area contributed by atoms with Crippen molar-refractivity contribution in [1.82, 2.24) is 0 Å². The molecule has 1 aromatic rings. The Balaban J connectivity index is 3.02. The molecule has 1 aromatic heterocycles. The van der Waals surface area contributed by atoms with E-state index in [1.54, 1.807) is 6.92 Å². The number of nitrogens with one attached hydrogen (secondary N) is 1. The molecule has 0 saturated carbocycles. The quantitative estimate of drug-likeness (QED) is 0.671. The van der Waals surface area contributed by atoms with Crippen molar-refractivity contribution in [3.05, 3.63) is 16.0 Å². The molecule has 0 saturated heterocycles. The largest absolute Gasteiger partial charge is 0.465 e. The number of thiophene rings is 1. The summed E-state index contributed by atoms with van der Waals surface area (Å²) in [5.74, 6) is -1.14. The highest BCUT2D eigenvalue weighted by Gasteiger charge is 2.21. The molecular weight excluding hydrogens is 254 g/mol. The van der Waals surface area contributed by atoms with Crippen molar-refractivity contribution >= 4 is 34.0 Å². The monoisotopic (exact) mass is 269 g/mol. The zero-order valence-electron chi connectivity index (χ0n) is 10.7. The van der Waals surface area contributed by atoms with E-state index in [4.69, 9.17) is 0 Å². The highest BCUT2D eigenvalue weighted by atomic mass is 32.1. The van der Waals surface area contributed by atoms with E-state index in [-0.39, 0.29) is 12.2 Å². The number of ketones is 1. The predicted molar refractivity (Wildman–Crippen MR) is 69.1 cm³/mol. The molecule has 1 amide bonds. The first kappa shape index (κ1) is 14.4. The minimum Gasteiger partial charge on any atom is -0.465 e. The second-order valence-electron chi connectivity index (χ2n) is 3.91. The van der Waals surface area contributed by atoms with E-state index in [2.05, 4.69) is 10.1 Å². The van der Waals surface area contributed by atoms with Crippen LogP contribution in [0.15, 0.2) is 0 Å². The maximum absolute atomic E-state index is 11.6. The number of methoxy groups -OCH3 is 1. The Morgan fingerprint density at radius 3 is 2.39 bits per heavy atom. The van der Waals surface area contributed by atoms with Gasteiger partial charge in [-0.3, -0.25) is 9.59 Å². The molecule has 1 N–H and O–H groups in total. The summed E-state index contributed by atoms with van der Waals surface area (Å²) in [6, 6.07) is 0. The molecule has 0 aliphatic rings. The fourth-order valence-corrected chi connectivity index (χ4v) is 2.52. The van der Waals surface area contributed by atoms with Crippen molar-refractivity contribution in [2.45, 2.75) is 27.2 Å². The van der Waals surface area contributed by atoms with Gasteiger partial charge in [-0.25, -0.2) is 4.79 Å². The summed E-state index contributed by atoms with van der Waals surface area (Å²) >= 11 is 1.30. The topological polar surface area (TPSA) is 72.5 Å². The van der Waals surface area contributed by atoms with E-state index in [9.17, 15) is 14.4 Å². The van der Waals surface area contributed by atoms with Crippen molar-refractivity contribution < 1.29 is 19.1 Å². The van der Waals surface area contributed by atoms with Gasteiger partial charge < -0.3 is 10.1 Å². The molecule has 0 spiro atoms. The molecule has 0 fully saturated rings. The molecule has 5 nitrogen and oxygen atoms in total. The van der Waals surface area contributed by atoms with Crippen molar-refractivity contribution in [3.63, 3.8) is 0 Å². The standard InChI is InChI=1S/C12H15NO4S/c1-6(14)5-9(15)13-11-10(12(16)17-4)7(2)8(3)18-11/h5H2,1-4H3,(H,13,15). The highest BCUT2D eigenvalue weighted by Crippen LogP contribution is 2.32. The number of amides is 1. The summed E-state index contributed by atoms with van der Waals surface area (Å²) in [6.45, 7) is 4.98. The Morgan fingerprint density at radius 1 is 1.28 bits per heavy atom. The van der Waals surface area contributed by atoms with Gasteiger partial charge in [0.2, 0.25) is 5.91 Å². The number of aryl methyl sites for hydroxylation is 1. The first-order valence-electron chi connectivity index (χ1n) is 5.34. The van der Waals surface area contributed by atoms with Crippen molar-refractivity contribution in [1.29, 1.82) is 0 Å². The number of carbonyl (C=O) groups is 3. The van der Waals surface area contributed by atoms with Crippen LogP contribution in [0.5, 0.6) is 0 Å². The number of hydrogen-bond acceptors (Lipinski definition) is 5. The Hall–Kier alpha value is -1.69. The number of ether oxygens (including phenoxy) is 1. The predicted octanol–water partition coefficient (Wildman–Crippen LogP) is 2.07. The van der Waals surface area contributed by atoms with E-state index >= 15 is 0 Å². The van der Waals surface area contributed by atoms with Crippen LogP contribution in [0.25, 0.3) is 0 Å². The average molecular weight is 269 g/mol. The van der Waals surface area contributed by atoms with Gasteiger partial charge in [-0.15, -0.1) is 11.3 Å². The third-order valence-electron chi connectivity index (χ3n) is 2.44. The molecule has 0 radical (unpaired) electrons. The van der Waals surface area contributed by atoms with Crippen LogP contribution in [-0.2, 0) is 14.3 Å². The maximum Gasteiger partial charge on any atom is 0.341 e. The minimum atomic E-state index is -0.491. The minimum absolute atomic E-state index is 0.198. The van der Waals surface area contributed by atoms with Crippen molar-refractivity contribution in [2.75, 3.05) is 12.4 Å². The molecule has 0 atom stereocenters. The smallest absolute Gasteiger partial charge is 0.341 e. The zero-order valence-corrected chi connectivity index (χ0v) is 11.6. The van der Waals surface area contributed by atoms with Gasteiger partial charge in [0, 0.05) is 4.88 Å². The summed E-state index contributed by atoms with van der Waals surface area (Å²) in [5.41, 5.74) is 1.14. The van der Waals surface area contributed by atoms with E-state index in [1.807, 2.05) is 6.92 Å². The van der Waals surface area contributed by atoms with Crippen molar-refractivity contribution in [3.8, 4) is 0 Å². The first-order valence-corrected chi connectivity index (χ1v) is 6.16. The van der Waals surface area contributed by atoms with Gasteiger partial charge in [-0.05, 0) is 26.3 Å². The van der Waals surface area contributed by atoms with Crippen LogP contribution in [0.2, 0.25) is 0 Å². The molecule has 0 unspecified atom stereocenters. The van der Waals surface area contributed by atoms with Crippen LogP contribution in [0.4, 0.5) is 5.00 Å². The molecule has 0 aliphatic carbocycles. The number of esters is 1. The van der Waals surface area contributed by atoms with E-state index < -0.39 is 11.9 Å². The summed E-state index contributed by atoms with van der Waals surface area (Å²) in [5, 5.41) is 3.01. The lowest BCUT2D eigenvalue weighted by Gasteiger charge is -2.04. The lowest BCUT2D eigenvalue weighted by Crippen LogP contribution is -2.16. The van der Waals surface area contributed by atoms with Gasteiger partial charge in [-0.1, -0.05) is 0 Å². The van der Waals surface area contributed by atoms with Gasteiger partial charge in [0.25, 0.3) is 0 Å². The number of rotatable bonds is 4. The molecule has 98 valence electrons. The zero-order chi connectivity index (χ0) is 13.9. The average Bonchev–Trinajstić information content (AvgIpc) is 2.52. The number of Topliss-reactive ketones (excluding diaryl/α,β-unsaturated/α-hetero) is 1. The van der Waals surface area contributed by atoms with Gasteiger partial charge in [0.1, 0.15) is 10.8 Å². The third kappa shape index (κ3) is 3.16. The number of carbonyl (C=O) groups excluding carboxylic acids is 3. The van der Waals surface area contributed by atoms with Crippen LogP contribution in [0.3, 0.4) is 0 Å². The van der Waals surface area contributed by atoms with Crippen LogP contribution in [0.1, 0.15) is 34.1 Å². The van der Waals surface area contributed by atoms with Crippen molar-refractivity contribution in [2.24, 2.45) is 0 Å². The Labute approximate surface area is 109 Å². The van der Waals surface area contributed by atoms with Gasteiger partial charge >= 0.3 is 5.97 Å². The number of anilines is 1. The molecule has 18 heavy (non-hydrogen) atoms. The van der Waals surface area contributed by atoms with Crippen LogP contribution in [-0.4, -0.2) is 24.8 Å². The Bertz CT molecular complexity index is 504. The lowest BCUT2D eigenvalue weighted by molar-refractivity contribution is -0.124. The van der Waals surface area contributed by atoms with E-state index in [0.29, 0.717) is 10.6 Å². The summed E-state index contributed by atoms with van der Waals surface area (Å²) in [7, 11) is 1.29. The molecule has 0 aliphatic heterocycles. The van der Waals surface area contributed by atoms with Crippen LogP contribution in [0, 0.1) is 13.8 Å². The fourth-order valence-electron chi connectivity index (χ4n) is 1.46. The summed E-state index contributed by atoms with van der Waals surface area (Å²) < 4.78 is 4.68. The number of hydrogen-bond donors (Lipinski definition) is 1. The van der Waals surface area contributed by atoms with E-state index in [0.717, 1.165) is 10.4 Å².